The molecule has 0 bridgehead atoms. The third-order valence-corrected chi connectivity index (χ3v) is 4.23. The summed E-state index contributed by atoms with van der Waals surface area (Å²) in [6.07, 6.45) is 2.86. The van der Waals surface area contributed by atoms with Crippen molar-refractivity contribution in [3.8, 4) is 0 Å². The van der Waals surface area contributed by atoms with E-state index >= 15 is 0 Å². The molecule has 1 amide bonds. The molecule has 0 saturated carbocycles. The van der Waals surface area contributed by atoms with Gasteiger partial charge in [-0.2, -0.15) is 0 Å². The Bertz CT molecular complexity index is 558. The predicted molar refractivity (Wildman–Crippen MR) is 76.1 cm³/mol. The van der Waals surface area contributed by atoms with Gasteiger partial charge in [-0.1, -0.05) is 0 Å². The lowest BCUT2D eigenvalue weighted by Crippen LogP contribution is -2.27. The minimum atomic E-state index is 0.101. The van der Waals surface area contributed by atoms with Crippen LogP contribution in [0.15, 0.2) is 29.6 Å². The molecule has 1 atom stereocenters. The first-order valence-corrected chi connectivity index (χ1v) is 7.20. The van der Waals surface area contributed by atoms with Gasteiger partial charge in [0.15, 0.2) is 0 Å². The molecule has 4 heteroatoms. The van der Waals surface area contributed by atoms with Gasteiger partial charge >= 0.3 is 0 Å². The van der Waals surface area contributed by atoms with Crippen molar-refractivity contribution in [2.75, 3.05) is 11.9 Å². The summed E-state index contributed by atoms with van der Waals surface area (Å²) in [7, 11) is 0. The van der Waals surface area contributed by atoms with E-state index in [1.807, 2.05) is 12.1 Å². The van der Waals surface area contributed by atoms with Gasteiger partial charge in [0.05, 0.1) is 0 Å². The fraction of sp³-hybridized carbons (Fsp3) is 0.357. The number of benzene rings is 1. The average Bonchev–Trinajstić information content (AvgIpc) is 2.98. The van der Waals surface area contributed by atoms with Gasteiger partial charge in [-0.15, -0.1) is 11.3 Å². The molecular weight excluding hydrogens is 244 g/mol. The maximum atomic E-state index is 11.9. The summed E-state index contributed by atoms with van der Waals surface area (Å²) in [4.78, 5) is 11.9. The lowest BCUT2D eigenvalue weighted by atomic mass is 10.1. The molecule has 3 rings (SSSR count). The van der Waals surface area contributed by atoms with Crippen LogP contribution in [0.25, 0.3) is 10.1 Å². The molecule has 0 aliphatic carbocycles. The van der Waals surface area contributed by atoms with E-state index in [4.69, 9.17) is 0 Å². The van der Waals surface area contributed by atoms with E-state index in [0.717, 1.165) is 18.7 Å². The first kappa shape index (κ1) is 11.7. The Hall–Kier alpha value is -1.39. The minimum Gasteiger partial charge on any atom is -0.326 e. The van der Waals surface area contributed by atoms with Gasteiger partial charge in [-0.3, -0.25) is 4.79 Å². The zero-order valence-electron chi connectivity index (χ0n) is 10.1. The topological polar surface area (TPSA) is 41.1 Å². The Kier molecular flexibility index (Phi) is 3.30. The highest BCUT2D eigenvalue weighted by molar-refractivity contribution is 7.17. The molecule has 1 fully saturated rings. The molecule has 1 aliphatic rings. The fourth-order valence-corrected chi connectivity index (χ4v) is 3.18. The van der Waals surface area contributed by atoms with Gasteiger partial charge in [0.25, 0.3) is 0 Å². The first-order valence-electron chi connectivity index (χ1n) is 6.32. The average molecular weight is 260 g/mol. The number of thiophene rings is 1. The molecular formula is C14H16N2OS. The van der Waals surface area contributed by atoms with Crippen LogP contribution in [0.4, 0.5) is 5.69 Å². The van der Waals surface area contributed by atoms with E-state index in [9.17, 15) is 4.79 Å². The molecule has 18 heavy (non-hydrogen) atoms. The molecule has 1 aromatic heterocycles. The third kappa shape index (κ3) is 2.54. The van der Waals surface area contributed by atoms with Crippen LogP contribution in [-0.2, 0) is 4.79 Å². The van der Waals surface area contributed by atoms with Gasteiger partial charge in [-0.05, 0) is 54.4 Å². The Morgan fingerprint density at radius 3 is 3.22 bits per heavy atom. The van der Waals surface area contributed by atoms with Crippen LogP contribution in [0, 0.1) is 0 Å². The summed E-state index contributed by atoms with van der Waals surface area (Å²) in [6.45, 7) is 1.04. The molecule has 0 spiro atoms. The van der Waals surface area contributed by atoms with Crippen LogP contribution in [0.5, 0.6) is 0 Å². The van der Waals surface area contributed by atoms with Crippen LogP contribution >= 0.6 is 11.3 Å². The number of carbonyl (C=O) groups excluding carboxylic acids is 1. The molecule has 0 radical (unpaired) electrons. The maximum absolute atomic E-state index is 11.9. The van der Waals surface area contributed by atoms with Gasteiger partial charge in [0.1, 0.15) is 0 Å². The molecule has 1 aromatic carbocycles. The molecule has 2 N–H and O–H groups in total. The highest BCUT2D eigenvalue weighted by Gasteiger charge is 2.17. The molecule has 94 valence electrons. The van der Waals surface area contributed by atoms with Crippen LogP contribution in [0.3, 0.4) is 0 Å². The fourth-order valence-electron chi connectivity index (χ4n) is 2.41. The predicted octanol–water partition coefficient (Wildman–Crippen LogP) is 2.98. The number of hydrogen-bond donors (Lipinski definition) is 2. The third-order valence-electron chi connectivity index (χ3n) is 3.33. The second-order valence-electron chi connectivity index (χ2n) is 4.72. The number of carbonyl (C=O) groups is 1. The molecule has 3 nitrogen and oxygen atoms in total. The summed E-state index contributed by atoms with van der Waals surface area (Å²) >= 11 is 1.72. The summed E-state index contributed by atoms with van der Waals surface area (Å²) in [5.74, 6) is 0.101. The number of anilines is 1. The lowest BCUT2D eigenvalue weighted by Gasteiger charge is -2.10. The normalized spacial score (nSPS) is 19.2. The van der Waals surface area contributed by atoms with Gasteiger partial charge in [0, 0.05) is 22.8 Å². The van der Waals surface area contributed by atoms with Gasteiger partial charge < -0.3 is 10.6 Å². The molecule has 1 unspecified atom stereocenters. The Morgan fingerprint density at radius 1 is 1.44 bits per heavy atom. The number of amides is 1. The van der Waals surface area contributed by atoms with E-state index in [1.165, 1.54) is 16.5 Å². The van der Waals surface area contributed by atoms with E-state index < -0.39 is 0 Å². The Labute approximate surface area is 110 Å². The number of nitrogens with one attached hydrogen (secondary N) is 2. The van der Waals surface area contributed by atoms with Crippen molar-refractivity contribution in [2.24, 2.45) is 0 Å². The summed E-state index contributed by atoms with van der Waals surface area (Å²) in [5.41, 5.74) is 0.892. The van der Waals surface area contributed by atoms with Crippen molar-refractivity contribution in [3.05, 3.63) is 29.6 Å². The molecule has 2 aromatic rings. The van der Waals surface area contributed by atoms with Crippen molar-refractivity contribution in [2.45, 2.75) is 25.3 Å². The van der Waals surface area contributed by atoms with Crippen molar-refractivity contribution in [1.82, 2.24) is 5.32 Å². The Morgan fingerprint density at radius 2 is 2.39 bits per heavy atom. The van der Waals surface area contributed by atoms with E-state index in [1.54, 1.807) is 11.3 Å². The summed E-state index contributed by atoms with van der Waals surface area (Å²) in [5, 5.41) is 9.58. The number of rotatable bonds is 3. The SMILES string of the molecule is O=C(CC1CCCN1)Nc1ccc2sccc2c1. The number of hydrogen-bond acceptors (Lipinski definition) is 3. The van der Waals surface area contributed by atoms with Crippen molar-refractivity contribution >= 4 is 33.0 Å². The van der Waals surface area contributed by atoms with Crippen LogP contribution < -0.4 is 10.6 Å². The highest BCUT2D eigenvalue weighted by atomic mass is 32.1. The molecule has 2 heterocycles. The van der Waals surface area contributed by atoms with Gasteiger partial charge in [0.2, 0.25) is 5.91 Å². The van der Waals surface area contributed by atoms with Crippen molar-refractivity contribution in [3.63, 3.8) is 0 Å². The summed E-state index contributed by atoms with van der Waals surface area (Å²) < 4.78 is 1.26. The smallest absolute Gasteiger partial charge is 0.225 e. The quantitative estimate of drug-likeness (QED) is 0.890. The lowest BCUT2D eigenvalue weighted by molar-refractivity contribution is -0.116. The van der Waals surface area contributed by atoms with Crippen LogP contribution in [-0.4, -0.2) is 18.5 Å². The molecule has 1 saturated heterocycles. The van der Waals surface area contributed by atoms with E-state index in [2.05, 4.69) is 28.1 Å². The monoisotopic (exact) mass is 260 g/mol. The van der Waals surface area contributed by atoms with Crippen molar-refractivity contribution < 1.29 is 4.79 Å². The first-order chi connectivity index (χ1) is 8.81. The van der Waals surface area contributed by atoms with Gasteiger partial charge in [-0.25, -0.2) is 0 Å². The summed E-state index contributed by atoms with van der Waals surface area (Å²) in [6, 6.07) is 8.50. The second kappa shape index (κ2) is 5.08. The van der Waals surface area contributed by atoms with E-state index in [0.29, 0.717) is 12.5 Å². The Balaban J connectivity index is 1.65. The zero-order valence-corrected chi connectivity index (χ0v) is 10.9. The minimum absolute atomic E-state index is 0.101. The van der Waals surface area contributed by atoms with E-state index in [-0.39, 0.29) is 5.91 Å². The second-order valence-corrected chi connectivity index (χ2v) is 5.67. The maximum Gasteiger partial charge on any atom is 0.225 e. The highest BCUT2D eigenvalue weighted by Crippen LogP contribution is 2.24. The zero-order chi connectivity index (χ0) is 12.4. The molecule has 1 aliphatic heterocycles. The van der Waals surface area contributed by atoms with Crippen LogP contribution in [0.1, 0.15) is 19.3 Å². The standard InChI is InChI=1S/C14H16N2OS/c17-14(9-11-2-1-6-15-11)16-12-3-4-13-10(8-12)5-7-18-13/h3-5,7-8,11,15H,1-2,6,9H2,(H,16,17). The largest absolute Gasteiger partial charge is 0.326 e. The van der Waals surface area contributed by atoms with Crippen LogP contribution in [0.2, 0.25) is 0 Å². The number of fused-ring (bicyclic) bond motifs is 1. The van der Waals surface area contributed by atoms with Crippen molar-refractivity contribution in [1.29, 1.82) is 0 Å².